The van der Waals surface area contributed by atoms with Crippen molar-refractivity contribution in [2.75, 3.05) is 0 Å². The molecule has 2 atom stereocenters. The first-order valence-electron chi connectivity index (χ1n) is 7.36. The monoisotopic (exact) mass is 238 g/mol. The number of rotatable bonds is 5. The minimum absolute atomic E-state index is 0.0946. The molecule has 2 fully saturated rings. The maximum atomic E-state index is 12.4. The maximum absolute atomic E-state index is 12.4. The number of hydrogen-bond acceptors (Lipinski definition) is 2. The molecule has 2 aliphatic rings. The van der Waals surface area contributed by atoms with Crippen molar-refractivity contribution in [3.63, 3.8) is 0 Å². The van der Waals surface area contributed by atoms with E-state index < -0.39 is 0 Å². The molecule has 0 aromatic carbocycles. The van der Waals surface area contributed by atoms with Gasteiger partial charge in [-0.3, -0.25) is 10.1 Å². The molecule has 0 aromatic rings. The zero-order valence-electron chi connectivity index (χ0n) is 11.2. The van der Waals surface area contributed by atoms with Crippen LogP contribution in [0.1, 0.15) is 65.2 Å². The quantitative estimate of drug-likeness (QED) is 0.798. The number of hydrogen-bond donors (Lipinski definition) is 1. The highest BCUT2D eigenvalue weighted by molar-refractivity contribution is 5.84. The molecule has 3 heteroatoms. The number of carbonyl (C=O) groups excluding carboxylic acids is 1. The van der Waals surface area contributed by atoms with Crippen molar-refractivity contribution in [3.05, 3.63) is 0 Å². The fraction of sp³-hybridized carbons (Fsp3) is 0.929. The number of nitrogens with zero attached hydrogens (tertiary/aromatic N) is 1. The van der Waals surface area contributed by atoms with Crippen molar-refractivity contribution >= 4 is 5.91 Å². The van der Waals surface area contributed by atoms with Gasteiger partial charge in [0.1, 0.15) is 0 Å². The summed E-state index contributed by atoms with van der Waals surface area (Å²) in [5.74, 6) is 0.372. The van der Waals surface area contributed by atoms with Gasteiger partial charge in [0.15, 0.2) is 0 Å². The van der Waals surface area contributed by atoms with Gasteiger partial charge in [-0.1, -0.05) is 39.5 Å². The third-order valence-corrected chi connectivity index (χ3v) is 4.14. The second kappa shape index (κ2) is 5.85. The van der Waals surface area contributed by atoms with E-state index in [9.17, 15) is 4.79 Å². The third kappa shape index (κ3) is 2.65. The molecule has 3 nitrogen and oxygen atoms in total. The summed E-state index contributed by atoms with van der Waals surface area (Å²) in [7, 11) is 0. The summed E-state index contributed by atoms with van der Waals surface area (Å²) >= 11 is 0. The Morgan fingerprint density at radius 2 is 1.82 bits per heavy atom. The molecule has 17 heavy (non-hydrogen) atoms. The molecular weight excluding hydrogens is 212 g/mol. The summed E-state index contributed by atoms with van der Waals surface area (Å²) in [6.07, 6.45) is 9.65. The van der Waals surface area contributed by atoms with Crippen LogP contribution in [-0.2, 0) is 4.79 Å². The summed E-state index contributed by atoms with van der Waals surface area (Å²) in [5, 5.41) is 3.55. The fourth-order valence-electron chi connectivity index (χ4n) is 3.33. The van der Waals surface area contributed by atoms with Crippen LogP contribution in [0.2, 0.25) is 0 Å². The van der Waals surface area contributed by atoms with Crippen molar-refractivity contribution < 1.29 is 4.79 Å². The van der Waals surface area contributed by atoms with Gasteiger partial charge < -0.3 is 4.90 Å². The van der Waals surface area contributed by atoms with Crippen molar-refractivity contribution in [1.29, 1.82) is 0 Å². The first-order chi connectivity index (χ1) is 8.27. The second-order valence-electron chi connectivity index (χ2n) is 5.50. The predicted octanol–water partition coefficient (Wildman–Crippen LogP) is 2.66. The summed E-state index contributed by atoms with van der Waals surface area (Å²) in [5.41, 5.74) is 0. The first kappa shape index (κ1) is 12.9. The lowest BCUT2D eigenvalue weighted by Gasteiger charge is -2.30. The average Bonchev–Trinajstić information content (AvgIpc) is 2.90. The molecule has 98 valence electrons. The van der Waals surface area contributed by atoms with E-state index in [2.05, 4.69) is 24.1 Å². The minimum Gasteiger partial charge on any atom is -0.323 e. The van der Waals surface area contributed by atoms with Crippen LogP contribution in [0.5, 0.6) is 0 Å². The smallest absolute Gasteiger partial charge is 0.241 e. The second-order valence-corrected chi connectivity index (χ2v) is 5.50. The zero-order valence-corrected chi connectivity index (χ0v) is 11.2. The summed E-state index contributed by atoms with van der Waals surface area (Å²) < 4.78 is 0. The van der Waals surface area contributed by atoms with Crippen LogP contribution in [0.15, 0.2) is 0 Å². The molecule has 1 heterocycles. The Morgan fingerprint density at radius 1 is 1.18 bits per heavy atom. The average molecular weight is 238 g/mol. The van der Waals surface area contributed by atoms with E-state index in [4.69, 9.17) is 0 Å². The zero-order chi connectivity index (χ0) is 12.3. The van der Waals surface area contributed by atoms with Gasteiger partial charge in [-0.15, -0.1) is 0 Å². The van der Waals surface area contributed by atoms with E-state index >= 15 is 0 Å². The molecule has 1 N–H and O–H groups in total. The Hall–Kier alpha value is -0.570. The van der Waals surface area contributed by atoms with Crippen LogP contribution >= 0.6 is 0 Å². The number of nitrogens with one attached hydrogen (secondary N) is 1. The largest absolute Gasteiger partial charge is 0.323 e. The molecule has 1 aliphatic carbocycles. The molecule has 2 rings (SSSR count). The standard InChI is InChI=1S/C14H26N2O/c1-3-7-12-14(17)16(11-9-5-6-10-11)13(15-12)8-4-2/h11-13,15H,3-10H2,1-2H3. The molecular formula is C14H26N2O. The molecule has 2 unspecified atom stereocenters. The Morgan fingerprint density at radius 3 is 2.41 bits per heavy atom. The molecule has 1 saturated carbocycles. The predicted molar refractivity (Wildman–Crippen MR) is 69.6 cm³/mol. The van der Waals surface area contributed by atoms with E-state index in [1.165, 1.54) is 25.7 Å². The van der Waals surface area contributed by atoms with Crippen molar-refractivity contribution in [2.45, 2.75) is 83.5 Å². The van der Waals surface area contributed by atoms with Gasteiger partial charge in [0.2, 0.25) is 5.91 Å². The molecule has 1 aliphatic heterocycles. The van der Waals surface area contributed by atoms with Gasteiger partial charge >= 0.3 is 0 Å². The Labute approximate surface area is 105 Å². The Bertz CT molecular complexity index is 261. The van der Waals surface area contributed by atoms with Crippen molar-refractivity contribution in [1.82, 2.24) is 10.2 Å². The van der Waals surface area contributed by atoms with Gasteiger partial charge in [-0.2, -0.15) is 0 Å². The lowest BCUT2D eigenvalue weighted by molar-refractivity contribution is -0.132. The van der Waals surface area contributed by atoms with Gasteiger partial charge in [-0.05, 0) is 25.7 Å². The van der Waals surface area contributed by atoms with E-state index in [0.29, 0.717) is 18.1 Å². The van der Waals surface area contributed by atoms with Crippen molar-refractivity contribution in [2.24, 2.45) is 0 Å². The SMILES string of the molecule is CCCC1NC(CCC)N(C2CCCC2)C1=O. The van der Waals surface area contributed by atoms with Crippen molar-refractivity contribution in [3.8, 4) is 0 Å². The Kier molecular flexibility index (Phi) is 4.43. The molecule has 0 radical (unpaired) electrons. The molecule has 1 amide bonds. The van der Waals surface area contributed by atoms with E-state index in [1.54, 1.807) is 0 Å². The maximum Gasteiger partial charge on any atom is 0.241 e. The van der Waals surface area contributed by atoms with Crippen LogP contribution in [0, 0.1) is 0 Å². The highest BCUT2D eigenvalue weighted by Gasteiger charge is 2.41. The highest BCUT2D eigenvalue weighted by atomic mass is 16.2. The van der Waals surface area contributed by atoms with Crippen LogP contribution in [0.4, 0.5) is 0 Å². The third-order valence-electron chi connectivity index (χ3n) is 4.14. The first-order valence-corrected chi connectivity index (χ1v) is 7.36. The topological polar surface area (TPSA) is 32.3 Å². The molecule has 1 saturated heterocycles. The van der Waals surface area contributed by atoms with Gasteiger partial charge in [0.25, 0.3) is 0 Å². The van der Waals surface area contributed by atoms with Gasteiger partial charge in [0, 0.05) is 6.04 Å². The van der Waals surface area contributed by atoms with E-state index in [-0.39, 0.29) is 6.04 Å². The lowest BCUT2D eigenvalue weighted by Crippen LogP contribution is -2.43. The molecule has 0 aromatic heterocycles. The summed E-state index contributed by atoms with van der Waals surface area (Å²) in [4.78, 5) is 14.6. The lowest BCUT2D eigenvalue weighted by atomic mass is 10.1. The van der Waals surface area contributed by atoms with Gasteiger partial charge in [-0.25, -0.2) is 0 Å². The van der Waals surface area contributed by atoms with Crippen LogP contribution in [0.25, 0.3) is 0 Å². The summed E-state index contributed by atoms with van der Waals surface area (Å²) in [6.45, 7) is 4.36. The summed E-state index contributed by atoms with van der Waals surface area (Å²) in [6, 6.07) is 0.616. The van der Waals surface area contributed by atoms with E-state index in [1.807, 2.05) is 0 Å². The van der Waals surface area contributed by atoms with Gasteiger partial charge in [0.05, 0.1) is 12.2 Å². The van der Waals surface area contributed by atoms with Crippen LogP contribution in [0.3, 0.4) is 0 Å². The Balaban J connectivity index is 2.05. The molecule has 0 bridgehead atoms. The number of amides is 1. The van der Waals surface area contributed by atoms with E-state index in [0.717, 1.165) is 25.7 Å². The minimum atomic E-state index is 0.0946. The fourth-order valence-corrected chi connectivity index (χ4v) is 3.33. The van der Waals surface area contributed by atoms with Crippen LogP contribution in [-0.4, -0.2) is 29.1 Å². The molecule has 0 spiro atoms. The highest BCUT2D eigenvalue weighted by Crippen LogP contribution is 2.29. The normalized spacial score (nSPS) is 30.5. The van der Waals surface area contributed by atoms with Crippen LogP contribution < -0.4 is 5.32 Å². The number of carbonyl (C=O) groups is 1.